The number of esters is 1. The number of carbonyl (C=O) groups is 1. The number of aromatic hydroxyl groups is 1. The maximum atomic E-state index is 12.9. The van der Waals surface area contributed by atoms with Gasteiger partial charge in [-0.25, -0.2) is 0 Å². The molecule has 0 aromatic carbocycles. The molecule has 3 heterocycles. The van der Waals surface area contributed by atoms with Gasteiger partial charge in [0.2, 0.25) is 5.88 Å². The van der Waals surface area contributed by atoms with Crippen LogP contribution >= 0.6 is 11.6 Å². The Kier molecular flexibility index (Phi) is 4.45. The van der Waals surface area contributed by atoms with Gasteiger partial charge in [-0.3, -0.25) is 18.7 Å². The molecule has 130 valence electrons. The summed E-state index contributed by atoms with van der Waals surface area (Å²) in [7, 11) is 2.94. The van der Waals surface area contributed by atoms with Gasteiger partial charge in [-0.2, -0.15) is 10.1 Å². The molecule has 1 N–H and O–H groups in total. The van der Waals surface area contributed by atoms with E-state index in [4.69, 9.17) is 16.3 Å². The van der Waals surface area contributed by atoms with E-state index in [1.165, 1.54) is 28.5 Å². The standard InChI is InChI=1S/C16H15ClN4O4/c1-20-11(5-6-18-20)10(7-13(22)25-2)14-15(23)19-12-4-3-9(17)8-21(12)16(14)24/h3-6,8,10,23H,7H2,1-2H3. The lowest BCUT2D eigenvalue weighted by atomic mass is 9.93. The molecule has 0 aliphatic carbocycles. The van der Waals surface area contributed by atoms with Crippen molar-refractivity contribution in [3.05, 3.63) is 57.2 Å². The van der Waals surface area contributed by atoms with Crippen LogP contribution in [0, 0.1) is 0 Å². The molecule has 0 aliphatic rings. The first kappa shape index (κ1) is 17.0. The van der Waals surface area contributed by atoms with Gasteiger partial charge in [0, 0.05) is 31.1 Å². The quantitative estimate of drug-likeness (QED) is 0.706. The molecule has 3 aromatic rings. The van der Waals surface area contributed by atoms with Crippen LogP contribution in [0.1, 0.15) is 23.6 Å². The first-order valence-corrected chi connectivity index (χ1v) is 7.75. The largest absolute Gasteiger partial charge is 0.493 e. The van der Waals surface area contributed by atoms with Gasteiger partial charge in [0.15, 0.2) is 0 Å². The molecular formula is C16H15ClN4O4. The van der Waals surface area contributed by atoms with Crippen LogP contribution in [0.4, 0.5) is 0 Å². The minimum absolute atomic E-state index is 0.0197. The lowest BCUT2D eigenvalue weighted by Crippen LogP contribution is -2.25. The van der Waals surface area contributed by atoms with Crippen LogP contribution in [0.3, 0.4) is 0 Å². The van der Waals surface area contributed by atoms with Crippen LogP contribution in [0.5, 0.6) is 5.88 Å². The number of hydrogen-bond donors (Lipinski definition) is 1. The second kappa shape index (κ2) is 6.56. The number of nitrogens with zero attached hydrogens (tertiary/aromatic N) is 4. The van der Waals surface area contributed by atoms with Crippen molar-refractivity contribution in [2.24, 2.45) is 7.05 Å². The number of aromatic nitrogens is 4. The molecule has 3 aromatic heterocycles. The Bertz CT molecular complexity index is 1010. The lowest BCUT2D eigenvalue weighted by Gasteiger charge is -2.17. The van der Waals surface area contributed by atoms with Gasteiger partial charge in [0.25, 0.3) is 5.56 Å². The third kappa shape index (κ3) is 3.08. The van der Waals surface area contributed by atoms with E-state index in [1.54, 1.807) is 25.4 Å². The van der Waals surface area contributed by atoms with Gasteiger partial charge in [0.05, 0.1) is 24.1 Å². The van der Waals surface area contributed by atoms with Crippen molar-refractivity contribution in [2.75, 3.05) is 7.11 Å². The van der Waals surface area contributed by atoms with Gasteiger partial charge in [-0.1, -0.05) is 11.6 Å². The molecule has 25 heavy (non-hydrogen) atoms. The summed E-state index contributed by atoms with van der Waals surface area (Å²) in [5.41, 5.74) is 0.285. The second-order valence-corrected chi connectivity index (χ2v) is 5.88. The van der Waals surface area contributed by atoms with E-state index in [0.717, 1.165) is 0 Å². The summed E-state index contributed by atoms with van der Waals surface area (Å²) < 4.78 is 7.49. The molecule has 0 spiro atoms. The van der Waals surface area contributed by atoms with Crippen molar-refractivity contribution in [2.45, 2.75) is 12.3 Å². The van der Waals surface area contributed by atoms with Crippen molar-refractivity contribution in [1.29, 1.82) is 0 Å². The van der Waals surface area contributed by atoms with Gasteiger partial charge >= 0.3 is 5.97 Å². The van der Waals surface area contributed by atoms with Crippen LogP contribution in [-0.4, -0.2) is 37.4 Å². The van der Waals surface area contributed by atoms with Crippen molar-refractivity contribution in [3.8, 4) is 5.88 Å². The maximum absolute atomic E-state index is 12.9. The van der Waals surface area contributed by atoms with Gasteiger partial charge in [-0.05, 0) is 18.2 Å². The monoisotopic (exact) mass is 362 g/mol. The van der Waals surface area contributed by atoms with Gasteiger partial charge < -0.3 is 9.84 Å². The number of halogens is 1. The predicted molar refractivity (Wildman–Crippen MR) is 89.8 cm³/mol. The maximum Gasteiger partial charge on any atom is 0.306 e. The Morgan fingerprint density at radius 1 is 1.40 bits per heavy atom. The normalized spacial score (nSPS) is 12.3. The molecule has 9 heteroatoms. The van der Waals surface area contributed by atoms with Crippen LogP contribution in [0.2, 0.25) is 5.02 Å². The number of pyridine rings is 1. The number of ether oxygens (including phenoxy) is 1. The summed E-state index contributed by atoms with van der Waals surface area (Å²) in [6.07, 6.45) is 2.81. The summed E-state index contributed by atoms with van der Waals surface area (Å²) >= 11 is 5.96. The molecule has 0 amide bonds. The van der Waals surface area contributed by atoms with Crippen molar-refractivity contribution < 1.29 is 14.6 Å². The molecule has 0 saturated heterocycles. The lowest BCUT2D eigenvalue weighted by molar-refractivity contribution is -0.140. The number of carbonyl (C=O) groups excluding carboxylic acids is 1. The highest BCUT2D eigenvalue weighted by Gasteiger charge is 2.28. The fourth-order valence-electron chi connectivity index (χ4n) is 2.75. The van der Waals surface area contributed by atoms with Crippen LogP contribution in [0.25, 0.3) is 5.65 Å². The van der Waals surface area contributed by atoms with Crippen LogP contribution < -0.4 is 5.56 Å². The highest BCUT2D eigenvalue weighted by Crippen LogP contribution is 2.31. The molecule has 8 nitrogen and oxygen atoms in total. The van der Waals surface area contributed by atoms with E-state index < -0.39 is 23.3 Å². The summed E-state index contributed by atoms with van der Waals surface area (Å²) in [6, 6.07) is 4.75. The molecule has 1 atom stereocenters. The molecule has 0 fully saturated rings. The average Bonchev–Trinajstić information content (AvgIpc) is 3.00. The minimum Gasteiger partial charge on any atom is -0.493 e. The summed E-state index contributed by atoms with van der Waals surface area (Å²) in [6.45, 7) is 0. The average molecular weight is 363 g/mol. The van der Waals surface area contributed by atoms with E-state index in [9.17, 15) is 14.7 Å². The number of methoxy groups -OCH3 is 1. The molecular weight excluding hydrogens is 348 g/mol. The number of fused-ring (bicyclic) bond motifs is 1. The van der Waals surface area contributed by atoms with E-state index in [-0.39, 0.29) is 17.6 Å². The number of aryl methyl sites for hydroxylation is 1. The minimum atomic E-state index is -0.768. The van der Waals surface area contributed by atoms with E-state index >= 15 is 0 Å². The smallest absolute Gasteiger partial charge is 0.306 e. The van der Waals surface area contributed by atoms with Crippen molar-refractivity contribution >= 4 is 23.2 Å². The molecule has 3 rings (SSSR count). The van der Waals surface area contributed by atoms with E-state index in [1.807, 2.05) is 0 Å². The third-order valence-corrected chi connectivity index (χ3v) is 4.19. The zero-order chi connectivity index (χ0) is 18.1. The van der Waals surface area contributed by atoms with Crippen LogP contribution in [-0.2, 0) is 16.6 Å². The Morgan fingerprint density at radius 3 is 2.80 bits per heavy atom. The first-order valence-electron chi connectivity index (χ1n) is 7.38. The summed E-state index contributed by atoms with van der Waals surface area (Å²) in [5.74, 6) is -1.74. The highest BCUT2D eigenvalue weighted by atomic mass is 35.5. The third-order valence-electron chi connectivity index (χ3n) is 3.96. The number of hydrogen-bond acceptors (Lipinski definition) is 6. The van der Waals surface area contributed by atoms with Crippen LogP contribution in [0.15, 0.2) is 35.4 Å². The zero-order valence-corrected chi connectivity index (χ0v) is 14.3. The topological polar surface area (TPSA) is 98.7 Å². The fourth-order valence-corrected chi connectivity index (χ4v) is 2.91. The molecule has 0 radical (unpaired) electrons. The zero-order valence-electron chi connectivity index (χ0n) is 13.5. The SMILES string of the molecule is COC(=O)CC(c1c(O)nc2ccc(Cl)cn2c1=O)c1ccnn1C. The predicted octanol–water partition coefficient (Wildman–Crippen LogP) is 1.48. The van der Waals surface area contributed by atoms with Crippen molar-refractivity contribution in [1.82, 2.24) is 19.2 Å². The number of rotatable bonds is 4. The molecule has 1 unspecified atom stereocenters. The first-order chi connectivity index (χ1) is 11.9. The second-order valence-electron chi connectivity index (χ2n) is 5.44. The van der Waals surface area contributed by atoms with Gasteiger partial charge in [0.1, 0.15) is 5.65 Å². The molecule has 0 aliphatic heterocycles. The fraction of sp³-hybridized carbons (Fsp3) is 0.250. The molecule has 0 saturated carbocycles. The highest BCUT2D eigenvalue weighted by molar-refractivity contribution is 6.30. The molecule has 0 bridgehead atoms. The van der Waals surface area contributed by atoms with Crippen molar-refractivity contribution in [3.63, 3.8) is 0 Å². The summed E-state index contributed by atoms with van der Waals surface area (Å²) in [5, 5.41) is 14.8. The van der Waals surface area contributed by atoms with Gasteiger partial charge in [-0.15, -0.1) is 0 Å². The Labute approximate surface area is 147 Å². The van der Waals surface area contributed by atoms with E-state index in [2.05, 4.69) is 10.1 Å². The Hall–Kier alpha value is -2.87. The summed E-state index contributed by atoms with van der Waals surface area (Å²) in [4.78, 5) is 28.8. The Balaban J connectivity index is 2.27. The Morgan fingerprint density at radius 2 is 2.16 bits per heavy atom. The van der Waals surface area contributed by atoms with E-state index in [0.29, 0.717) is 10.7 Å².